The van der Waals surface area contributed by atoms with Gasteiger partial charge in [0.2, 0.25) is 0 Å². The van der Waals surface area contributed by atoms with Crippen LogP contribution in [0.1, 0.15) is 29.4 Å². The SMILES string of the molecule is CCOc1cc(C=C2C(=O)NC(=O)N(Cc3ccco3)C2=O)cc(Cl)c1OCc1cccc(C)c1. The maximum absolute atomic E-state index is 13.0. The molecule has 0 radical (unpaired) electrons. The molecule has 9 heteroatoms. The van der Waals surface area contributed by atoms with Crippen molar-refractivity contribution in [3.8, 4) is 11.5 Å². The molecule has 1 aliphatic rings. The summed E-state index contributed by atoms with van der Waals surface area (Å²) in [5.74, 6) is -0.426. The van der Waals surface area contributed by atoms with Crippen LogP contribution in [0.3, 0.4) is 0 Å². The Hall–Kier alpha value is -4.04. The number of urea groups is 1. The van der Waals surface area contributed by atoms with Gasteiger partial charge in [-0.1, -0.05) is 41.4 Å². The highest BCUT2D eigenvalue weighted by Crippen LogP contribution is 2.38. The molecule has 35 heavy (non-hydrogen) atoms. The van der Waals surface area contributed by atoms with Crippen molar-refractivity contribution in [3.63, 3.8) is 0 Å². The number of hydrogen-bond donors (Lipinski definition) is 1. The maximum Gasteiger partial charge on any atom is 0.331 e. The summed E-state index contributed by atoms with van der Waals surface area (Å²) >= 11 is 6.51. The quantitative estimate of drug-likeness (QED) is 0.354. The Morgan fingerprint density at radius 3 is 2.63 bits per heavy atom. The zero-order chi connectivity index (χ0) is 24.9. The second-order valence-corrected chi connectivity index (χ2v) is 8.24. The van der Waals surface area contributed by atoms with Crippen molar-refractivity contribution in [2.45, 2.75) is 27.0 Å². The molecule has 2 heterocycles. The van der Waals surface area contributed by atoms with Crippen LogP contribution in [0.2, 0.25) is 5.02 Å². The van der Waals surface area contributed by atoms with Crippen molar-refractivity contribution >= 4 is 35.5 Å². The van der Waals surface area contributed by atoms with Crippen molar-refractivity contribution in [1.82, 2.24) is 10.2 Å². The first kappa shape index (κ1) is 24.1. The molecule has 0 atom stereocenters. The van der Waals surface area contributed by atoms with E-state index < -0.39 is 17.8 Å². The van der Waals surface area contributed by atoms with Crippen LogP contribution in [0, 0.1) is 6.92 Å². The lowest BCUT2D eigenvalue weighted by molar-refractivity contribution is -0.130. The van der Waals surface area contributed by atoms with Gasteiger partial charge in [-0.15, -0.1) is 0 Å². The molecular weight excluding hydrogens is 472 g/mol. The Kier molecular flexibility index (Phi) is 7.22. The third-order valence-corrected chi connectivity index (χ3v) is 5.47. The minimum Gasteiger partial charge on any atom is -0.490 e. The number of imide groups is 2. The third kappa shape index (κ3) is 5.55. The van der Waals surface area contributed by atoms with Crippen molar-refractivity contribution in [2.75, 3.05) is 6.61 Å². The van der Waals surface area contributed by atoms with E-state index >= 15 is 0 Å². The van der Waals surface area contributed by atoms with Gasteiger partial charge >= 0.3 is 6.03 Å². The van der Waals surface area contributed by atoms with Gasteiger partial charge in [0, 0.05) is 0 Å². The van der Waals surface area contributed by atoms with Crippen LogP contribution in [-0.4, -0.2) is 29.4 Å². The highest BCUT2D eigenvalue weighted by Gasteiger charge is 2.36. The van der Waals surface area contributed by atoms with Crippen LogP contribution in [0.15, 0.2) is 64.8 Å². The van der Waals surface area contributed by atoms with Gasteiger partial charge < -0.3 is 13.9 Å². The molecule has 1 N–H and O–H groups in total. The molecular formula is C26H23ClN2O6. The lowest BCUT2D eigenvalue weighted by atomic mass is 10.1. The van der Waals surface area contributed by atoms with Gasteiger partial charge in [0.15, 0.2) is 11.5 Å². The number of nitrogens with one attached hydrogen (secondary N) is 1. The Bertz CT molecular complexity index is 1300. The molecule has 0 saturated carbocycles. The van der Waals surface area contributed by atoms with E-state index in [2.05, 4.69) is 5.32 Å². The molecule has 0 bridgehead atoms. The van der Waals surface area contributed by atoms with E-state index in [0.29, 0.717) is 29.4 Å². The number of barbiturate groups is 1. The molecule has 1 aromatic heterocycles. The minimum absolute atomic E-state index is 0.112. The van der Waals surface area contributed by atoms with Gasteiger partial charge in [-0.05, 0) is 55.3 Å². The first-order valence-electron chi connectivity index (χ1n) is 10.9. The third-order valence-electron chi connectivity index (χ3n) is 5.19. The molecule has 4 amide bonds. The lowest BCUT2D eigenvalue weighted by Gasteiger charge is -2.25. The largest absolute Gasteiger partial charge is 0.490 e. The summed E-state index contributed by atoms with van der Waals surface area (Å²) in [7, 11) is 0. The Morgan fingerprint density at radius 1 is 1.09 bits per heavy atom. The van der Waals surface area contributed by atoms with Gasteiger partial charge in [0.25, 0.3) is 11.8 Å². The van der Waals surface area contributed by atoms with Crippen LogP contribution in [0.4, 0.5) is 4.79 Å². The number of aryl methyl sites for hydroxylation is 1. The highest BCUT2D eigenvalue weighted by molar-refractivity contribution is 6.33. The summed E-state index contributed by atoms with van der Waals surface area (Å²) in [6, 6.07) is 13.5. The number of ether oxygens (including phenoxy) is 2. The number of benzene rings is 2. The van der Waals surface area contributed by atoms with Gasteiger partial charge in [0.05, 0.1) is 24.4 Å². The normalized spacial score (nSPS) is 14.9. The van der Waals surface area contributed by atoms with Crippen LogP contribution in [0.5, 0.6) is 11.5 Å². The number of hydrogen-bond acceptors (Lipinski definition) is 6. The smallest absolute Gasteiger partial charge is 0.331 e. The predicted molar refractivity (Wildman–Crippen MR) is 129 cm³/mol. The fourth-order valence-electron chi connectivity index (χ4n) is 3.59. The molecule has 4 rings (SSSR count). The summed E-state index contributed by atoms with van der Waals surface area (Å²) < 4.78 is 16.9. The van der Waals surface area contributed by atoms with E-state index in [1.807, 2.05) is 38.1 Å². The lowest BCUT2D eigenvalue weighted by Crippen LogP contribution is -2.53. The standard InChI is InChI=1S/C26H23ClN2O6/c1-3-33-22-13-18(12-21(27)23(22)35-15-17-7-4-6-16(2)10-17)11-20-24(30)28-26(32)29(25(20)31)14-19-8-5-9-34-19/h4-13H,3,14-15H2,1-2H3,(H,28,30,32). The molecule has 1 fully saturated rings. The van der Waals surface area contributed by atoms with Gasteiger partial charge in [0.1, 0.15) is 17.9 Å². The van der Waals surface area contributed by atoms with Crippen LogP contribution < -0.4 is 14.8 Å². The van der Waals surface area contributed by atoms with Gasteiger partial charge in [-0.3, -0.25) is 19.8 Å². The summed E-state index contributed by atoms with van der Waals surface area (Å²) in [6.07, 6.45) is 2.79. The second kappa shape index (κ2) is 10.5. The first-order chi connectivity index (χ1) is 16.9. The highest BCUT2D eigenvalue weighted by atomic mass is 35.5. The maximum atomic E-state index is 13.0. The van der Waals surface area contributed by atoms with Crippen molar-refractivity contribution in [1.29, 1.82) is 0 Å². The van der Waals surface area contributed by atoms with Crippen molar-refractivity contribution < 1.29 is 28.3 Å². The van der Waals surface area contributed by atoms with Crippen LogP contribution in [-0.2, 0) is 22.7 Å². The van der Waals surface area contributed by atoms with E-state index in [1.165, 1.54) is 12.3 Å². The van der Waals surface area contributed by atoms with E-state index in [0.717, 1.165) is 16.0 Å². The van der Waals surface area contributed by atoms with Crippen molar-refractivity contribution in [3.05, 3.63) is 87.8 Å². The van der Waals surface area contributed by atoms with E-state index in [4.69, 9.17) is 25.5 Å². The summed E-state index contributed by atoms with van der Waals surface area (Å²) in [4.78, 5) is 38.6. The fourth-order valence-corrected chi connectivity index (χ4v) is 3.87. The molecule has 1 aliphatic heterocycles. The number of nitrogens with zero attached hydrogens (tertiary/aromatic N) is 1. The molecule has 180 valence electrons. The molecule has 0 spiro atoms. The number of amides is 4. The fraction of sp³-hybridized carbons (Fsp3) is 0.192. The molecule has 1 saturated heterocycles. The summed E-state index contributed by atoms with van der Waals surface area (Å²) in [5, 5.41) is 2.43. The number of carbonyl (C=O) groups is 3. The second-order valence-electron chi connectivity index (χ2n) is 7.83. The average molecular weight is 495 g/mol. The minimum atomic E-state index is -0.818. The molecule has 3 aromatic rings. The molecule has 2 aromatic carbocycles. The summed E-state index contributed by atoms with van der Waals surface area (Å²) in [5.41, 5.74) is 2.30. The van der Waals surface area contributed by atoms with Crippen LogP contribution in [0.25, 0.3) is 6.08 Å². The van der Waals surface area contributed by atoms with Crippen molar-refractivity contribution in [2.24, 2.45) is 0 Å². The Morgan fingerprint density at radius 2 is 1.91 bits per heavy atom. The van der Waals surface area contributed by atoms with Crippen LogP contribution >= 0.6 is 11.6 Å². The van der Waals surface area contributed by atoms with Gasteiger partial charge in [-0.2, -0.15) is 0 Å². The monoisotopic (exact) mass is 494 g/mol. The molecule has 0 unspecified atom stereocenters. The zero-order valence-electron chi connectivity index (χ0n) is 19.2. The number of halogens is 1. The Labute approximate surface area is 207 Å². The topological polar surface area (TPSA) is 98.1 Å². The molecule has 0 aliphatic carbocycles. The van der Waals surface area contributed by atoms with E-state index in [9.17, 15) is 14.4 Å². The average Bonchev–Trinajstić information content (AvgIpc) is 3.32. The number of rotatable bonds is 8. The van der Waals surface area contributed by atoms with Gasteiger partial charge in [-0.25, -0.2) is 4.79 Å². The first-order valence-corrected chi connectivity index (χ1v) is 11.3. The van der Waals surface area contributed by atoms with E-state index in [1.54, 1.807) is 24.3 Å². The Balaban J connectivity index is 1.61. The number of carbonyl (C=O) groups excluding carboxylic acids is 3. The predicted octanol–water partition coefficient (Wildman–Crippen LogP) is 4.88. The van der Waals surface area contributed by atoms with E-state index in [-0.39, 0.29) is 23.7 Å². The number of furan rings is 1. The summed E-state index contributed by atoms with van der Waals surface area (Å²) in [6.45, 7) is 4.34. The molecule has 8 nitrogen and oxygen atoms in total. The zero-order valence-corrected chi connectivity index (χ0v) is 19.9.